The Hall–Kier alpha value is -0.980. The summed E-state index contributed by atoms with van der Waals surface area (Å²) in [6.07, 6.45) is 1.56. The quantitative estimate of drug-likeness (QED) is 0.788. The van der Waals surface area contributed by atoms with Crippen molar-refractivity contribution in [1.29, 1.82) is 0 Å². The Labute approximate surface area is 115 Å². The predicted octanol–water partition coefficient (Wildman–Crippen LogP) is 2.08. The molecule has 1 unspecified atom stereocenters. The molecule has 2 heterocycles. The maximum absolute atomic E-state index is 6.17. The molecule has 7 heteroatoms. The van der Waals surface area contributed by atoms with Crippen molar-refractivity contribution in [3.8, 4) is 0 Å². The first-order chi connectivity index (χ1) is 8.63. The third-order valence-corrected chi connectivity index (χ3v) is 3.72. The summed E-state index contributed by atoms with van der Waals surface area (Å²) in [5.41, 5.74) is 0.954. The number of fused-ring (bicyclic) bond motifs is 1. The lowest BCUT2D eigenvalue weighted by Crippen LogP contribution is -2.29. The molecule has 0 N–H and O–H groups in total. The number of nitrogens with zero attached hydrogens (tertiary/aromatic N) is 4. The average molecular weight is 287 g/mol. The van der Waals surface area contributed by atoms with Gasteiger partial charge in [-0.3, -0.25) is 0 Å². The first-order valence-electron chi connectivity index (χ1n) is 5.54. The Morgan fingerprint density at radius 2 is 2.28 bits per heavy atom. The van der Waals surface area contributed by atoms with Gasteiger partial charge in [-0.25, -0.2) is 9.97 Å². The van der Waals surface area contributed by atoms with Crippen LogP contribution in [-0.2, 0) is 4.74 Å². The monoisotopic (exact) mass is 286 g/mol. The molecule has 0 aliphatic rings. The van der Waals surface area contributed by atoms with Crippen molar-refractivity contribution < 1.29 is 4.74 Å². The van der Waals surface area contributed by atoms with Crippen LogP contribution in [0.25, 0.3) is 10.2 Å². The molecule has 2 aromatic rings. The predicted molar refractivity (Wildman–Crippen MR) is 74.7 cm³/mol. The van der Waals surface area contributed by atoms with Gasteiger partial charge in [0.25, 0.3) is 0 Å². The SMILES string of the molecule is COCC(Cl)CN(C)c1ncnc2snc(C)c12. The van der Waals surface area contributed by atoms with Crippen molar-refractivity contribution in [1.82, 2.24) is 14.3 Å². The smallest absolute Gasteiger partial charge is 0.149 e. The second-order valence-corrected chi connectivity index (χ2v) is 5.45. The zero-order chi connectivity index (χ0) is 13.1. The van der Waals surface area contributed by atoms with Crippen LogP contribution in [0.3, 0.4) is 0 Å². The van der Waals surface area contributed by atoms with Crippen LogP contribution in [0.5, 0.6) is 0 Å². The lowest BCUT2D eigenvalue weighted by molar-refractivity contribution is 0.199. The molecule has 18 heavy (non-hydrogen) atoms. The number of alkyl halides is 1. The Bertz CT molecular complexity index is 533. The lowest BCUT2D eigenvalue weighted by Gasteiger charge is -2.21. The number of ether oxygens (including phenoxy) is 1. The Balaban J connectivity index is 2.27. The van der Waals surface area contributed by atoms with Gasteiger partial charge < -0.3 is 9.64 Å². The molecule has 0 aliphatic heterocycles. The average Bonchev–Trinajstić information content (AvgIpc) is 2.71. The second kappa shape index (κ2) is 5.77. The van der Waals surface area contributed by atoms with Gasteiger partial charge in [-0.1, -0.05) is 0 Å². The highest BCUT2D eigenvalue weighted by molar-refractivity contribution is 7.13. The van der Waals surface area contributed by atoms with Gasteiger partial charge in [0, 0.05) is 20.7 Å². The van der Waals surface area contributed by atoms with Gasteiger partial charge in [-0.05, 0) is 18.5 Å². The van der Waals surface area contributed by atoms with Gasteiger partial charge >= 0.3 is 0 Å². The van der Waals surface area contributed by atoms with Crippen LogP contribution in [0.15, 0.2) is 6.33 Å². The van der Waals surface area contributed by atoms with Gasteiger partial charge in [0.1, 0.15) is 17.0 Å². The van der Waals surface area contributed by atoms with E-state index in [0.717, 1.165) is 21.7 Å². The van der Waals surface area contributed by atoms with Gasteiger partial charge in [0.15, 0.2) is 0 Å². The molecule has 2 aromatic heterocycles. The zero-order valence-electron chi connectivity index (χ0n) is 10.6. The summed E-state index contributed by atoms with van der Waals surface area (Å²) in [5, 5.41) is 0.934. The molecule has 0 amide bonds. The highest BCUT2D eigenvalue weighted by Gasteiger charge is 2.16. The fourth-order valence-electron chi connectivity index (χ4n) is 1.81. The van der Waals surface area contributed by atoms with Crippen molar-refractivity contribution in [2.24, 2.45) is 0 Å². The van der Waals surface area contributed by atoms with Crippen LogP contribution in [0.4, 0.5) is 5.82 Å². The van der Waals surface area contributed by atoms with Crippen molar-refractivity contribution in [2.45, 2.75) is 12.3 Å². The number of aromatic nitrogens is 3. The van der Waals surface area contributed by atoms with Crippen LogP contribution >= 0.6 is 23.1 Å². The third kappa shape index (κ3) is 2.71. The van der Waals surface area contributed by atoms with Crippen molar-refractivity contribution in [3.63, 3.8) is 0 Å². The van der Waals surface area contributed by atoms with Gasteiger partial charge in [0.2, 0.25) is 0 Å². The normalized spacial score (nSPS) is 12.9. The Morgan fingerprint density at radius 1 is 1.50 bits per heavy atom. The number of methoxy groups -OCH3 is 1. The minimum Gasteiger partial charge on any atom is -0.383 e. The Kier molecular flexibility index (Phi) is 4.31. The van der Waals surface area contributed by atoms with Crippen molar-refractivity contribution in [2.75, 3.05) is 32.2 Å². The first-order valence-corrected chi connectivity index (χ1v) is 6.75. The molecule has 0 saturated carbocycles. The van der Waals surface area contributed by atoms with E-state index in [4.69, 9.17) is 16.3 Å². The highest BCUT2D eigenvalue weighted by Crippen LogP contribution is 2.27. The highest BCUT2D eigenvalue weighted by atomic mass is 35.5. The van der Waals surface area contributed by atoms with E-state index in [-0.39, 0.29) is 5.38 Å². The van der Waals surface area contributed by atoms with Crippen LogP contribution in [-0.4, -0.2) is 47.0 Å². The molecule has 0 bridgehead atoms. The molecule has 0 saturated heterocycles. The van der Waals surface area contributed by atoms with Gasteiger partial charge in [-0.2, -0.15) is 4.37 Å². The molecule has 0 aromatic carbocycles. The van der Waals surface area contributed by atoms with Gasteiger partial charge in [-0.15, -0.1) is 11.6 Å². The molecule has 0 aliphatic carbocycles. The summed E-state index contributed by atoms with van der Waals surface area (Å²) in [6.45, 7) is 3.14. The fourth-order valence-corrected chi connectivity index (χ4v) is 2.88. The number of aryl methyl sites for hydroxylation is 1. The van der Waals surface area contributed by atoms with E-state index in [0.29, 0.717) is 13.2 Å². The van der Waals surface area contributed by atoms with E-state index in [1.54, 1.807) is 13.4 Å². The summed E-state index contributed by atoms with van der Waals surface area (Å²) in [4.78, 5) is 11.5. The summed E-state index contributed by atoms with van der Waals surface area (Å²) in [5.74, 6) is 0.869. The van der Waals surface area contributed by atoms with Gasteiger partial charge in [0.05, 0.1) is 23.1 Å². The third-order valence-electron chi connectivity index (χ3n) is 2.60. The van der Waals surface area contributed by atoms with E-state index in [2.05, 4.69) is 14.3 Å². The van der Waals surface area contributed by atoms with Crippen LogP contribution < -0.4 is 4.90 Å². The fraction of sp³-hybridized carbons (Fsp3) is 0.545. The molecule has 98 valence electrons. The van der Waals surface area contributed by atoms with Crippen LogP contribution in [0.2, 0.25) is 0 Å². The lowest BCUT2D eigenvalue weighted by atomic mass is 10.3. The number of anilines is 1. The molecule has 1 atom stereocenters. The molecular formula is C11H15ClN4OS. The summed E-state index contributed by atoms with van der Waals surface area (Å²) >= 11 is 7.56. The first kappa shape index (κ1) is 13.5. The minimum atomic E-state index is -0.0723. The maximum Gasteiger partial charge on any atom is 0.149 e. The topological polar surface area (TPSA) is 51.1 Å². The van der Waals surface area contributed by atoms with E-state index in [1.165, 1.54) is 11.5 Å². The van der Waals surface area contributed by atoms with Crippen LogP contribution in [0, 0.1) is 6.92 Å². The van der Waals surface area contributed by atoms with Crippen LogP contribution in [0.1, 0.15) is 5.69 Å². The summed E-state index contributed by atoms with van der Waals surface area (Å²) < 4.78 is 9.34. The molecule has 2 rings (SSSR count). The number of halogens is 1. The van der Waals surface area contributed by atoms with E-state index >= 15 is 0 Å². The molecule has 0 fully saturated rings. The second-order valence-electron chi connectivity index (χ2n) is 4.08. The maximum atomic E-state index is 6.17. The largest absolute Gasteiger partial charge is 0.383 e. The van der Waals surface area contributed by atoms with E-state index in [1.807, 2.05) is 18.9 Å². The van der Waals surface area contributed by atoms with E-state index in [9.17, 15) is 0 Å². The van der Waals surface area contributed by atoms with Crippen molar-refractivity contribution >= 4 is 39.2 Å². The minimum absolute atomic E-state index is 0.0723. The number of rotatable bonds is 5. The zero-order valence-corrected chi connectivity index (χ0v) is 12.1. The summed E-state index contributed by atoms with van der Waals surface area (Å²) in [7, 11) is 3.61. The summed E-state index contributed by atoms with van der Waals surface area (Å²) in [6, 6.07) is 0. The molecular weight excluding hydrogens is 272 g/mol. The van der Waals surface area contributed by atoms with Crippen molar-refractivity contribution in [3.05, 3.63) is 12.0 Å². The molecule has 0 spiro atoms. The standard InChI is InChI=1S/C11H15ClN4OS/c1-7-9-10(13-6-14-11(9)18-15-7)16(2)4-8(12)5-17-3/h6,8H,4-5H2,1-3H3. The number of hydrogen-bond acceptors (Lipinski definition) is 6. The van der Waals surface area contributed by atoms with E-state index < -0.39 is 0 Å². The Morgan fingerprint density at radius 3 is 3.00 bits per heavy atom. The molecule has 5 nitrogen and oxygen atoms in total. The molecule has 0 radical (unpaired) electrons. The number of hydrogen-bond donors (Lipinski definition) is 0.